The zero-order valence-electron chi connectivity index (χ0n) is 17.1. The second-order valence-electron chi connectivity index (χ2n) is 9.30. The molecule has 4 aliphatic rings. The molecule has 4 fully saturated rings. The van der Waals surface area contributed by atoms with Crippen molar-refractivity contribution >= 4 is 0 Å². The lowest BCUT2D eigenvalue weighted by atomic mass is 9.73. The van der Waals surface area contributed by atoms with E-state index in [0.717, 1.165) is 17.6 Å². The summed E-state index contributed by atoms with van der Waals surface area (Å²) in [6, 6.07) is 0.656. The normalized spacial score (nSPS) is 49.1. The number of nitrogens with two attached hydrogens (primary N) is 2. The van der Waals surface area contributed by atoms with Crippen LogP contribution in [0.4, 0.5) is 0 Å². The fraction of sp³-hybridized carbons (Fsp3) is 1.00. The maximum Gasteiger partial charge on any atom is 0.163 e. The van der Waals surface area contributed by atoms with Crippen molar-refractivity contribution in [2.24, 2.45) is 29.3 Å². The summed E-state index contributed by atoms with van der Waals surface area (Å²) >= 11 is 0. The summed E-state index contributed by atoms with van der Waals surface area (Å²) in [6.45, 7) is 1.93. The lowest BCUT2D eigenvalue weighted by molar-refractivity contribution is -0.951. The fourth-order valence-corrected chi connectivity index (χ4v) is 6.44. The van der Waals surface area contributed by atoms with E-state index in [-0.39, 0.29) is 6.17 Å². The van der Waals surface area contributed by atoms with Crippen LogP contribution in [0.5, 0.6) is 0 Å². The average Bonchev–Trinajstić information content (AvgIpc) is 3.11. The van der Waals surface area contributed by atoms with Crippen molar-refractivity contribution in [2.45, 2.75) is 81.9 Å². The van der Waals surface area contributed by atoms with Gasteiger partial charge in [-0.15, -0.1) is 0 Å². The van der Waals surface area contributed by atoms with Gasteiger partial charge in [-0.2, -0.15) is 5.84 Å². The summed E-state index contributed by atoms with van der Waals surface area (Å²) in [4.78, 5) is 2.76. The van der Waals surface area contributed by atoms with Gasteiger partial charge in [-0.05, 0) is 63.2 Å². The van der Waals surface area contributed by atoms with Crippen LogP contribution >= 0.6 is 0 Å². The third-order valence-corrected chi connectivity index (χ3v) is 8.10. The molecule has 0 aromatic carbocycles. The van der Waals surface area contributed by atoms with E-state index in [9.17, 15) is 0 Å². The van der Waals surface area contributed by atoms with E-state index in [1.54, 1.807) is 0 Å². The number of quaternary nitrogens is 1. The summed E-state index contributed by atoms with van der Waals surface area (Å²) < 4.78 is 11.2. The molecule has 2 heterocycles. The van der Waals surface area contributed by atoms with Gasteiger partial charge in [-0.1, -0.05) is 0 Å². The van der Waals surface area contributed by atoms with Crippen LogP contribution in [-0.2, 0) is 9.47 Å². The first kappa shape index (κ1) is 20.0. The van der Waals surface area contributed by atoms with Crippen molar-refractivity contribution in [3.63, 3.8) is 0 Å². The van der Waals surface area contributed by atoms with Gasteiger partial charge < -0.3 is 9.47 Å². The highest BCUT2D eigenvalue weighted by Crippen LogP contribution is 2.44. The summed E-state index contributed by atoms with van der Waals surface area (Å²) in [6.07, 6.45) is 11.1. The second kappa shape index (κ2) is 8.61. The van der Waals surface area contributed by atoms with Crippen LogP contribution in [0.1, 0.15) is 51.4 Å². The molecule has 0 bridgehead atoms. The largest absolute Gasteiger partial charge is 0.381 e. The van der Waals surface area contributed by atoms with E-state index in [1.807, 2.05) is 14.2 Å². The first-order chi connectivity index (χ1) is 13.1. The molecule has 2 aliphatic heterocycles. The standard InChI is InChI=1S/C20H39N5O2/c1-26-15-7-3-13(4-8-15)17-11-24(14-5-9-16(27-2)10-6-14)20-18(17)19(21)25(22)12-23-20/h13-20,23H,3-12,21-22H2,1-2H3/p+1. The minimum atomic E-state index is 0.0294. The number of likely N-dealkylation sites (tertiary alicyclic amines) is 1. The van der Waals surface area contributed by atoms with Gasteiger partial charge in [-0.25, -0.2) is 5.01 Å². The number of fused-ring (bicyclic) bond motifs is 1. The zero-order chi connectivity index (χ0) is 19.0. The van der Waals surface area contributed by atoms with Gasteiger partial charge in [0.05, 0.1) is 24.3 Å². The summed E-state index contributed by atoms with van der Waals surface area (Å²) in [5.74, 6) is 8.15. The molecule has 2 saturated heterocycles. The number of methoxy groups -OCH3 is 2. The molecular weight excluding hydrogens is 342 g/mol. The predicted molar refractivity (Wildman–Crippen MR) is 104 cm³/mol. The Labute approximate surface area is 164 Å². The molecule has 0 amide bonds. The number of hydrogen-bond acceptors (Lipinski definition) is 6. The molecule has 0 spiro atoms. The third kappa shape index (κ3) is 3.92. The minimum absolute atomic E-state index is 0.0294. The maximum absolute atomic E-state index is 6.68. The molecule has 156 valence electrons. The van der Waals surface area contributed by atoms with Gasteiger partial charge in [0.1, 0.15) is 0 Å². The van der Waals surface area contributed by atoms with Crippen LogP contribution in [0.2, 0.25) is 0 Å². The summed E-state index contributed by atoms with van der Waals surface area (Å²) in [5.41, 5.74) is 6.68. The second-order valence-corrected chi connectivity index (χ2v) is 9.30. The molecule has 2 aliphatic carbocycles. The quantitative estimate of drug-likeness (QED) is 0.496. The van der Waals surface area contributed by atoms with Gasteiger partial charge in [-0.3, -0.25) is 16.0 Å². The Balaban J connectivity index is 1.48. The Morgan fingerprint density at radius 1 is 0.926 bits per heavy atom. The molecule has 2 saturated carbocycles. The Hall–Kier alpha value is -0.280. The van der Waals surface area contributed by atoms with E-state index < -0.39 is 0 Å². The van der Waals surface area contributed by atoms with Crippen LogP contribution in [0.3, 0.4) is 0 Å². The maximum atomic E-state index is 6.68. The zero-order valence-corrected chi connectivity index (χ0v) is 17.1. The molecule has 0 radical (unpaired) electrons. The van der Waals surface area contributed by atoms with E-state index in [2.05, 4.69) is 10.2 Å². The van der Waals surface area contributed by atoms with Crippen LogP contribution in [0.15, 0.2) is 0 Å². The van der Waals surface area contributed by atoms with Gasteiger partial charge in [0.2, 0.25) is 0 Å². The first-order valence-corrected chi connectivity index (χ1v) is 11.0. The SMILES string of the molecule is COC1CCC(C2CN(C3CCC(OC)CC3)C3NC[NH+](N)C(N)C23)CC1. The number of hydrogen-bond donors (Lipinski definition) is 4. The molecule has 7 heteroatoms. The number of nitrogens with one attached hydrogen (secondary N) is 2. The number of rotatable bonds is 4. The van der Waals surface area contributed by atoms with Crippen molar-refractivity contribution in [3.05, 3.63) is 0 Å². The highest BCUT2D eigenvalue weighted by molar-refractivity contribution is 5.00. The van der Waals surface area contributed by atoms with Crippen LogP contribution in [0.25, 0.3) is 0 Å². The van der Waals surface area contributed by atoms with Gasteiger partial charge in [0, 0.05) is 26.8 Å². The van der Waals surface area contributed by atoms with Crippen molar-refractivity contribution in [1.82, 2.24) is 10.2 Å². The Morgan fingerprint density at radius 2 is 1.52 bits per heavy atom. The van der Waals surface area contributed by atoms with Crippen molar-refractivity contribution < 1.29 is 14.5 Å². The van der Waals surface area contributed by atoms with Crippen LogP contribution < -0.4 is 21.9 Å². The smallest absolute Gasteiger partial charge is 0.163 e. The first-order valence-electron chi connectivity index (χ1n) is 11.0. The lowest BCUT2D eigenvalue weighted by Crippen LogP contribution is -3.26. The van der Waals surface area contributed by atoms with E-state index in [0.29, 0.717) is 36.3 Å². The van der Waals surface area contributed by atoms with Crippen molar-refractivity contribution in [2.75, 3.05) is 27.4 Å². The average molecular weight is 383 g/mol. The summed E-state index contributed by atoms with van der Waals surface area (Å²) in [7, 11) is 3.70. The van der Waals surface area contributed by atoms with Crippen LogP contribution in [-0.4, -0.2) is 62.9 Å². The van der Waals surface area contributed by atoms with Gasteiger partial charge in [0.15, 0.2) is 12.8 Å². The van der Waals surface area contributed by atoms with Crippen molar-refractivity contribution in [3.8, 4) is 0 Å². The molecular formula is C20H40N5O2+. The monoisotopic (exact) mass is 382 g/mol. The van der Waals surface area contributed by atoms with Gasteiger partial charge in [0.25, 0.3) is 0 Å². The molecule has 5 unspecified atom stereocenters. The highest BCUT2D eigenvalue weighted by Gasteiger charge is 2.54. The van der Waals surface area contributed by atoms with E-state index >= 15 is 0 Å². The topological polar surface area (TPSA) is 90.2 Å². The highest BCUT2D eigenvalue weighted by atomic mass is 16.5. The lowest BCUT2D eigenvalue weighted by Gasteiger charge is -2.43. The Morgan fingerprint density at radius 3 is 2.11 bits per heavy atom. The molecule has 0 aromatic heterocycles. The minimum Gasteiger partial charge on any atom is -0.381 e. The Bertz CT molecular complexity index is 479. The predicted octanol–water partition coefficient (Wildman–Crippen LogP) is -0.373. The molecule has 4 rings (SSSR count). The molecule has 0 aromatic rings. The number of ether oxygens (including phenoxy) is 2. The molecule has 6 N–H and O–H groups in total. The van der Waals surface area contributed by atoms with Crippen LogP contribution in [0, 0.1) is 17.8 Å². The molecule has 5 atom stereocenters. The van der Waals surface area contributed by atoms with Crippen molar-refractivity contribution in [1.29, 1.82) is 0 Å². The summed E-state index contributed by atoms with van der Waals surface area (Å²) in [5, 5.41) is 4.69. The molecule has 27 heavy (non-hydrogen) atoms. The Kier molecular flexibility index (Phi) is 6.38. The third-order valence-electron chi connectivity index (χ3n) is 8.10. The fourth-order valence-electron chi connectivity index (χ4n) is 6.44. The van der Waals surface area contributed by atoms with E-state index in [4.69, 9.17) is 21.1 Å². The molecule has 7 nitrogen and oxygen atoms in total. The van der Waals surface area contributed by atoms with Gasteiger partial charge >= 0.3 is 0 Å². The van der Waals surface area contributed by atoms with E-state index in [1.165, 1.54) is 57.9 Å². The number of nitrogens with zero attached hydrogens (tertiary/aromatic N) is 1.